The highest BCUT2D eigenvalue weighted by Crippen LogP contribution is 2.20. The zero-order valence-electron chi connectivity index (χ0n) is 11.9. The summed E-state index contributed by atoms with van der Waals surface area (Å²) in [5.74, 6) is 1.84. The molecule has 0 spiro atoms. The molecule has 1 fully saturated rings. The van der Waals surface area contributed by atoms with Crippen LogP contribution in [0.2, 0.25) is 0 Å². The molecule has 0 atom stereocenters. The molecular formula is C13H22N4O2. The maximum absolute atomic E-state index is 11.9. The Morgan fingerprint density at radius 2 is 2.11 bits per heavy atom. The molecule has 0 bridgehead atoms. The summed E-state index contributed by atoms with van der Waals surface area (Å²) in [6, 6.07) is 0. The van der Waals surface area contributed by atoms with Crippen LogP contribution in [0.5, 0.6) is 0 Å². The highest BCUT2D eigenvalue weighted by Gasteiger charge is 2.26. The van der Waals surface area contributed by atoms with E-state index in [4.69, 9.17) is 4.52 Å². The van der Waals surface area contributed by atoms with Gasteiger partial charge >= 0.3 is 0 Å². The van der Waals surface area contributed by atoms with Crippen molar-refractivity contribution >= 4 is 5.91 Å². The van der Waals surface area contributed by atoms with E-state index in [1.54, 1.807) is 4.90 Å². The molecule has 1 aromatic heterocycles. The van der Waals surface area contributed by atoms with Gasteiger partial charge in [-0.05, 0) is 25.9 Å². The maximum atomic E-state index is 11.9. The first-order valence-corrected chi connectivity index (χ1v) is 6.85. The molecular weight excluding hydrogens is 244 g/mol. The molecule has 106 valence electrons. The molecule has 1 aliphatic heterocycles. The molecule has 19 heavy (non-hydrogen) atoms. The second kappa shape index (κ2) is 6.14. The van der Waals surface area contributed by atoms with Gasteiger partial charge in [0.15, 0.2) is 5.82 Å². The lowest BCUT2D eigenvalue weighted by atomic mass is 9.95. The summed E-state index contributed by atoms with van der Waals surface area (Å²) >= 11 is 0. The van der Waals surface area contributed by atoms with Crippen LogP contribution in [0.25, 0.3) is 0 Å². The normalized spacial score (nSPS) is 17.6. The molecule has 1 saturated heterocycles. The smallest absolute Gasteiger partial charge is 0.240 e. The van der Waals surface area contributed by atoms with Crippen molar-refractivity contribution in [3.8, 4) is 0 Å². The summed E-state index contributed by atoms with van der Waals surface area (Å²) in [6.07, 6.45) is 2.61. The SMILES string of the molecule is CCc1noc(CN2CCC(C(=O)N(C)C)CC2)n1. The Hall–Kier alpha value is -1.43. The fourth-order valence-electron chi connectivity index (χ4n) is 2.39. The van der Waals surface area contributed by atoms with Gasteiger partial charge in [0.1, 0.15) is 0 Å². The van der Waals surface area contributed by atoms with Crippen LogP contribution in [-0.4, -0.2) is 53.0 Å². The number of carbonyl (C=O) groups excluding carboxylic acids is 1. The summed E-state index contributed by atoms with van der Waals surface area (Å²) in [4.78, 5) is 20.1. The first kappa shape index (κ1) is 14.0. The third-order valence-electron chi connectivity index (χ3n) is 3.56. The van der Waals surface area contributed by atoms with Gasteiger partial charge in [0, 0.05) is 26.4 Å². The summed E-state index contributed by atoms with van der Waals surface area (Å²) in [7, 11) is 3.64. The molecule has 0 radical (unpaired) electrons. The quantitative estimate of drug-likeness (QED) is 0.811. The lowest BCUT2D eigenvalue weighted by Crippen LogP contribution is -2.39. The van der Waals surface area contributed by atoms with E-state index in [1.807, 2.05) is 21.0 Å². The minimum Gasteiger partial charge on any atom is -0.349 e. The number of amides is 1. The molecule has 1 aromatic rings. The van der Waals surface area contributed by atoms with Crippen LogP contribution in [0.1, 0.15) is 31.5 Å². The molecule has 0 unspecified atom stereocenters. The molecule has 1 aliphatic rings. The van der Waals surface area contributed by atoms with E-state index in [-0.39, 0.29) is 11.8 Å². The number of rotatable bonds is 4. The Balaban J connectivity index is 1.81. The Morgan fingerprint density at radius 1 is 1.42 bits per heavy atom. The molecule has 0 saturated carbocycles. The van der Waals surface area contributed by atoms with Gasteiger partial charge in [0.25, 0.3) is 0 Å². The third-order valence-corrected chi connectivity index (χ3v) is 3.56. The van der Waals surface area contributed by atoms with Crippen molar-refractivity contribution in [3.05, 3.63) is 11.7 Å². The summed E-state index contributed by atoms with van der Waals surface area (Å²) in [6.45, 7) is 4.52. The van der Waals surface area contributed by atoms with Gasteiger partial charge in [-0.25, -0.2) is 0 Å². The zero-order valence-corrected chi connectivity index (χ0v) is 11.9. The first-order chi connectivity index (χ1) is 9.10. The maximum Gasteiger partial charge on any atom is 0.240 e. The number of aryl methyl sites for hydroxylation is 1. The third kappa shape index (κ3) is 3.53. The van der Waals surface area contributed by atoms with E-state index < -0.39 is 0 Å². The monoisotopic (exact) mass is 266 g/mol. The van der Waals surface area contributed by atoms with Crippen LogP contribution in [0, 0.1) is 5.92 Å². The number of likely N-dealkylation sites (tertiary alicyclic amines) is 1. The Morgan fingerprint density at radius 3 is 2.63 bits per heavy atom. The number of carbonyl (C=O) groups is 1. The highest BCUT2D eigenvalue weighted by atomic mass is 16.5. The number of hydrogen-bond acceptors (Lipinski definition) is 5. The summed E-state index contributed by atoms with van der Waals surface area (Å²) in [5, 5.41) is 3.89. The fraction of sp³-hybridized carbons (Fsp3) is 0.769. The minimum absolute atomic E-state index is 0.167. The van der Waals surface area contributed by atoms with E-state index in [0.717, 1.165) is 38.2 Å². The summed E-state index contributed by atoms with van der Waals surface area (Å²) in [5.41, 5.74) is 0. The van der Waals surface area contributed by atoms with Gasteiger partial charge in [0.2, 0.25) is 11.8 Å². The zero-order chi connectivity index (χ0) is 13.8. The van der Waals surface area contributed by atoms with Crippen molar-refractivity contribution in [3.63, 3.8) is 0 Å². The van der Waals surface area contributed by atoms with E-state index >= 15 is 0 Å². The van der Waals surface area contributed by atoms with E-state index in [9.17, 15) is 4.79 Å². The number of aromatic nitrogens is 2. The van der Waals surface area contributed by atoms with Gasteiger partial charge in [0.05, 0.1) is 6.54 Å². The van der Waals surface area contributed by atoms with Crippen LogP contribution in [0.15, 0.2) is 4.52 Å². The molecule has 0 aromatic carbocycles. The average molecular weight is 266 g/mol. The van der Waals surface area contributed by atoms with Gasteiger partial charge < -0.3 is 9.42 Å². The predicted octanol–water partition coefficient (Wildman–Crippen LogP) is 0.932. The molecule has 1 amide bonds. The van der Waals surface area contributed by atoms with E-state index in [0.29, 0.717) is 12.4 Å². The molecule has 6 heteroatoms. The fourth-order valence-corrected chi connectivity index (χ4v) is 2.39. The lowest BCUT2D eigenvalue weighted by Gasteiger charge is -2.31. The van der Waals surface area contributed by atoms with Gasteiger partial charge in [-0.2, -0.15) is 4.98 Å². The second-order valence-corrected chi connectivity index (χ2v) is 5.24. The van der Waals surface area contributed by atoms with Gasteiger partial charge in [-0.15, -0.1) is 0 Å². The van der Waals surface area contributed by atoms with Crippen molar-refractivity contribution < 1.29 is 9.32 Å². The number of nitrogens with zero attached hydrogens (tertiary/aromatic N) is 4. The lowest BCUT2D eigenvalue weighted by molar-refractivity contribution is -0.134. The topological polar surface area (TPSA) is 62.5 Å². The molecule has 2 rings (SSSR count). The molecule has 0 aliphatic carbocycles. The van der Waals surface area contributed by atoms with Crippen LogP contribution < -0.4 is 0 Å². The predicted molar refractivity (Wildman–Crippen MR) is 70.4 cm³/mol. The van der Waals surface area contributed by atoms with Crippen LogP contribution >= 0.6 is 0 Å². The van der Waals surface area contributed by atoms with Crippen molar-refractivity contribution in [2.24, 2.45) is 5.92 Å². The van der Waals surface area contributed by atoms with Gasteiger partial charge in [-0.3, -0.25) is 9.69 Å². The molecule has 2 heterocycles. The van der Waals surface area contributed by atoms with Crippen LogP contribution in [0.4, 0.5) is 0 Å². The van der Waals surface area contributed by atoms with Crippen molar-refractivity contribution in [2.45, 2.75) is 32.7 Å². The second-order valence-electron chi connectivity index (χ2n) is 5.24. The average Bonchev–Trinajstić information content (AvgIpc) is 2.86. The van der Waals surface area contributed by atoms with Crippen LogP contribution in [0.3, 0.4) is 0 Å². The molecule has 0 N–H and O–H groups in total. The Bertz CT molecular complexity index is 422. The highest BCUT2D eigenvalue weighted by molar-refractivity contribution is 5.78. The van der Waals surface area contributed by atoms with Crippen molar-refractivity contribution in [1.82, 2.24) is 19.9 Å². The molecule has 6 nitrogen and oxygen atoms in total. The Kier molecular flexibility index (Phi) is 4.52. The standard InChI is InChI=1S/C13H22N4O2/c1-4-11-14-12(19-15-11)9-17-7-5-10(6-8-17)13(18)16(2)3/h10H,4-9H2,1-3H3. The number of piperidine rings is 1. The summed E-state index contributed by atoms with van der Waals surface area (Å²) < 4.78 is 5.19. The first-order valence-electron chi connectivity index (χ1n) is 6.85. The number of hydrogen-bond donors (Lipinski definition) is 0. The van der Waals surface area contributed by atoms with Crippen molar-refractivity contribution in [2.75, 3.05) is 27.2 Å². The van der Waals surface area contributed by atoms with E-state index in [1.165, 1.54) is 0 Å². The Labute approximate surface area is 113 Å². The minimum atomic E-state index is 0.167. The van der Waals surface area contributed by atoms with Gasteiger partial charge in [-0.1, -0.05) is 12.1 Å². The van der Waals surface area contributed by atoms with Crippen LogP contribution in [-0.2, 0) is 17.8 Å². The largest absolute Gasteiger partial charge is 0.349 e. The van der Waals surface area contributed by atoms with Crippen molar-refractivity contribution in [1.29, 1.82) is 0 Å². The van der Waals surface area contributed by atoms with E-state index in [2.05, 4.69) is 15.0 Å².